The molecule has 1 unspecified atom stereocenters. The third-order valence-electron chi connectivity index (χ3n) is 1.93. The van der Waals surface area contributed by atoms with Crippen LogP contribution >= 0.6 is 0 Å². The maximum atomic E-state index is 11.5. The number of carbonyl (C=O) groups excluding carboxylic acids is 1. The first-order valence-corrected chi connectivity index (χ1v) is 5.27. The van der Waals surface area contributed by atoms with Crippen molar-refractivity contribution in [3.05, 3.63) is 24.3 Å². The van der Waals surface area contributed by atoms with Gasteiger partial charge >= 0.3 is 0 Å². The number of amides is 1. The molecule has 0 saturated heterocycles. The highest BCUT2D eigenvalue weighted by Crippen LogP contribution is 2.17. The summed E-state index contributed by atoms with van der Waals surface area (Å²) in [5.41, 5.74) is 6.15. The molecule has 1 atom stereocenters. The average Bonchev–Trinajstić information content (AvgIpc) is 2.25. The molecule has 5 nitrogen and oxygen atoms in total. The third kappa shape index (κ3) is 5.00. The van der Waals surface area contributed by atoms with Crippen LogP contribution in [0.3, 0.4) is 0 Å². The summed E-state index contributed by atoms with van der Waals surface area (Å²) < 4.78 is 5.12. The summed E-state index contributed by atoms with van der Waals surface area (Å²) in [7, 11) is 0. The number of nitrogens with zero attached hydrogens (tertiary/aromatic N) is 1. The summed E-state index contributed by atoms with van der Waals surface area (Å²) in [5.74, 6) is 0.405. The molecule has 5 heteroatoms. The van der Waals surface area contributed by atoms with Gasteiger partial charge < -0.3 is 15.8 Å². The second kappa shape index (κ2) is 6.51. The lowest BCUT2D eigenvalue weighted by atomic mass is 10.2. The van der Waals surface area contributed by atoms with Crippen LogP contribution in [-0.4, -0.2) is 18.6 Å². The van der Waals surface area contributed by atoms with Gasteiger partial charge in [0.05, 0.1) is 0 Å². The topological polar surface area (TPSA) is 88.1 Å². The molecule has 1 aromatic carbocycles. The number of nitrogens with two attached hydrogens (primary N) is 1. The monoisotopic (exact) mass is 233 g/mol. The zero-order chi connectivity index (χ0) is 12.7. The average molecular weight is 233 g/mol. The molecule has 0 aliphatic rings. The lowest BCUT2D eigenvalue weighted by Crippen LogP contribution is -2.23. The largest absolute Gasteiger partial charge is 0.479 e. The summed E-state index contributed by atoms with van der Waals surface area (Å²) >= 11 is 0. The first-order chi connectivity index (χ1) is 8.11. The van der Waals surface area contributed by atoms with Crippen LogP contribution in [0.4, 0.5) is 5.69 Å². The maximum Gasteiger partial charge on any atom is 0.225 e. The smallest absolute Gasteiger partial charge is 0.225 e. The molecule has 0 saturated carbocycles. The quantitative estimate of drug-likeness (QED) is 0.801. The minimum absolute atomic E-state index is 0.0166. The Hall–Kier alpha value is -2.06. The van der Waals surface area contributed by atoms with Gasteiger partial charge in [-0.2, -0.15) is 5.26 Å². The van der Waals surface area contributed by atoms with E-state index in [1.165, 1.54) is 0 Å². The molecule has 0 bridgehead atoms. The van der Waals surface area contributed by atoms with Gasteiger partial charge in [0.1, 0.15) is 11.8 Å². The molecule has 1 rings (SSSR count). The molecule has 1 aromatic rings. The Morgan fingerprint density at radius 1 is 1.65 bits per heavy atom. The first kappa shape index (κ1) is 13.0. The van der Waals surface area contributed by atoms with Gasteiger partial charge in [0.25, 0.3) is 0 Å². The van der Waals surface area contributed by atoms with E-state index in [2.05, 4.69) is 5.32 Å². The Morgan fingerprint density at radius 3 is 3.06 bits per heavy atom. The van der Waals surface area contributed by atoms with E-state index in [9.17, 15) is 4.79 Å². The molecule has 3 N–H and O–H groups in total. The minimum atomic E-state index is -0.173. The molecular weight excluding hydrogens is 218 g/mol. The van der Waals surface area contributed by atoms with Crippen LogP contribution in [0.2, 0.25) is 0 Å². The third-order valence-corrected chi connectivity index (χ3v) is 1.93. The van der Waals surface area contributed by atoms with Crippen LogP contribution in [0.25, 0.3) is 0 Å². The van der Waals surface area contributed by atoms with E-state index in [1.807, 2.05) is 6.07 Å². The molecule has 90 valence electrons. The molecule has 0 aliphatic carbocycles. The van der Waals surface area contributed by atoms with E-state index in [1.54, 1.807) is 31.2 Å². The highest BCUT2D eigenvalue weighted by molar-refractivity contribution is 5.91. The first-order valence-electron chi connectivity index (χ1n) is 5.27. The Bertz CT molecular complexity index is 424. The fraction of sp³-hybridized carbons (Fsp3) is 0.333. The van der Waals surface area contributed by atoms with Crippen molar-refractivity contribution < 1.29 is 9.53 Å². The fourth-order valence-electron chi connectivity index (χ4n) is 1.28. The number of benzene rings is 1. The van der Waals surface area contributed by atoms with Gasteiger partial charge in [-0.05, 0) is 19.1 Å². The number of nitriles is 1. The van der Waals surface area contributed by atoms with Crippen LogP contribution in [0.1, 0.15) is 13.3 Å². The van der Waals surface area contributed by atoms with Gasteiger partial charge in [-0.3, -0.25) is 4.79 Å². The highest BCUT2D eigenvalue weighted by atomic mass is 16.5. The van der Waals surface area contributed by atoms with E-state index in [-0.39, 0.29) is 25.0 Å². The van der Waals surface area contributed by atoms with Crippen molar-refractivity contribution in [2.45, 2.75) is 19.4 Å². The van der Waals surface area contributed by atoms with Gasteiger partial charge in [-0.1, -0.05) is 6.07 Å². The number of anilines is 1. The van der Waals surface area contributed by atoms with Gasteiger partial charge in [0, 0.05) is 24.2 Å². The van der Waals surface area contributed by atoms with Crippen LogP contribution in [-0.2, 0) is 4.79 Å². The second-order valence-electron chi connectivity index (χ2n) is 3.70. The lowest BCUT2D eigenvalue weighted by Gasteiger charge is -2.08. The molecule has 0 aromatic heterocycles. The zero-order valence-corrected chi connectivity index (χ0v) is 9.64. The van der Waals surface area contributed by atoms with E-state index in [0.29, 0.717) is 11.4 Å². The molecule has 0 heterocycles. The standard InChI is InChI=1S/C12H15N3O2/c1-9(14)7-12(16)15-10-3-2-4-11(8-10)17-6-5-13/h2-4,8-9H,6-7,14H2,1H3,(H,15,16). The summed E-state index contributed by atoms with van der Waals surface area (Å²) in [4.78, 5) is 11.5. The van der Waals surface area contributed by atoms with E-state index in [0.717, 1.165) is 0 Å². The van der Waals surface area contributed by atoms with Crippen molar-refractivity contribution in [3.8, 4) is 11.8 Å². The summed E-state index contributed by atoms with van der Waals surface area (Å²) in [6.45, 7) is 1.75. The minimum Gasteiger partial charge on any atom is -0.479 e. The van der Waals surface area contributed by atoms with Crippen LogP contribution in [0.15, 0.2) is 24.3 Å². The number of hydrogen-bond donors (Lipinski definition) is 2. The lowest BCUT2D eigenvalue weighted by molar-refractivity contribution is -0.116. The Labute approximate surface area is 100 Å². The van der Waals surface area contributed by atoms with Crippen molar-refractivity contribution in [1.29, 1.82) is 5.26 Å². The van der Waals surface area contributed by atoms with Crippen molar-refractivity contribution in [2.75, 3.05) is 11.9 Å². The van der Waals surface area contributed by atoms with Crippen molar-refractivity contribution in [2.24, 2.45) is 5.73 Å². The van der Waals surface area contributed by atoms with Gasteiger partial charge in [-0.15, -0.1) is 0 Å². The van der Waals surface area contributed by atoms with Crippen molar-refractivity contribution in [1.82, 2.24) is 0 Å². The summed E-state index contributed by atoms with van der Waals surface area (Å²) in [5, 5.41) is 11.1. The molecular formula is C12H15N3O2. The molecule has 0 radical (unpaired) electrons. The highest BCUT2D eigenvalue weighted by Gasteiger charge is 2.05. The Morgan fingerprint density at radius 2 is 2.41 bits per heavy atom. The number of ether oxygens (including phenoxy) is 1. The molecule has 17 heavy (non-hydrogen) atoms. The summed E-state index contributed by atoms with van der Waals surface area (Å²) in [6, 6.07) is 8.58. The maximum absolute atomic E-state index is 11.5. The number of carbonyl (C=O) groups is 1. The van der Waals surface area contributed by atoms with Crippen molar-refractivity contribution >= 4 is 11.6 Å². The SMILES string of the molecule is CC(N)CC(=O)Nc1cccc(OCC#N)c1. The summed E-state index contributed by atoms with van der Waals surface area (Å²) in [6.07, 6.45) is 0.267. The normalized spacial score (nSPS) is 11.4. The van der Waals surface area contributed by atoms with E-state index >= 15 is 0 Å². The van der Waals surface area contributed by atoms with E-state index in [4.69, 9.17) is 15.7 Å². The zero-order valence-electron chi connectivity index (χ0n) is 9.64. The molecule has 0 aliphatic heterocycles. The number of hydrogen-bond acceptors (Lipinski definition) is 4. The van der Waals surface area contributed by atoms with Gasteiger partial charge in [0.15, 0.2) is 6.61 Å². The Kier molecular flexibility index (Phi) is 4.98. The van der Waals surface area contributed by atoms with Crippen LogP contribution in [0, 0.1) is 11.3 Å². The number of nitrogens with one attached hydrogen (secondary N) is 1. The molecule has 1 amide bonds. The van der Waals surface area contributed by atoms with E-state index < -0.39 is 0 Å². The Balaban J connectivity index is 2.59. The van der Waals surface area contributed by atoms with Crippen LogP contribution in [0.5, 0.6) is 5.75 Å². The predicted octanol–water partition coefficient (Wildman–Crippen LogP) is 1.26. The predicted molar refractivity (Wildman–Crippen MR) is 64.4 cm³/mol. The van der Waals surface area contributed by atoms with Gasteiger partial charge in [0.2, 0.25) is 5.91 Å². The van der Waals surface area contributed by atoms with Gasteiger partial charge in [-0.25, -0.2) is 0 Å². The second-order valence-corrected chi connectivity index (χ2v) is 3.70. The molecule has 0 spiro atoms. The van der Waals surface area contributed by atoms with Crippen molar-refractivity contribution in [3.63, 3.8) is 0 Å². The number of rotatable bonds is 5. The fourth-order valence-corrected chi connectivity index (χ4v) is 1.28. The van der Waals surface area contributed by atoms with Crippen LogP contribution < -0.4 is 15.8 Å². The molecule has 0 fully saturated rings.